The number of anilines is 1. The summed E-state index contributed by atoms with van der Waals surface area (Å²) in [4.78, 5) is 16.9. The van der Waals surface area contributed by atoms with Gasteiger partial charge in [0.15, 0.2) is 0 Å². The molecule has 7 nitrogen and oxygen atoms in total. The highest BCUT2D eigenvalue weighted by atomic mass is 16.2. The molecular formula is C19H20N6O. The molecule has 1 fully saturated rings. The molecule has 1 aliphatic rings. The molecule has 132 valence electrons. The molecule has 0 aliphatic carbocycles. The van der Waals surface area contributed by atoms with Crippen molar-refractivity contribution in [3.63, 3.8) is 0 Å². The lowest BCUT2D eigenvalue weighted by molar-refractivity contribution is -0.126. The van der Waals surface area contributed by atoms with Gasteiger partial charge in [-0.25, -0.2) is 4.98 Å². The predicted molar refractivity (Wildman–Crippen MR) is 99.0 cm³/mol. The maximum Gasteiger partial charge on any atom is 0.242 e. The maximum absolute atomic E-state index is 12.0. The number of hydrogen-bond acceptors (Lipinski definition) is 4. The molecule has 0 spiro atoms. The van der Waals surface area contributed by atoms with Crippen LogP contribution in [0.5, 0.6) is 0 Å². The molecule has 1 aromatic carbocycles. The fraction of sp³-hybridized carbons (Fsp3) is 0.316. The molecule has 26 heavy (non-hydrogen) atoms. The molecule has 0 radical (unpaired) electrons. The van der Waals surface area contributed by atoms with Crippen LogP contribution in [0.25, 0.3) is 17.0 Å². The molecule has 1 amide bonds. The highest BCUT2D eigenvalue weighted by Gasteiger charge is 2.29. The van der Waals surface area contributed by atoms with E-state index in [1.165, 1.54) is 0 Å². The van der Waals surface area contributed by atoms with E-state index < -0.39 is 0 Å². The van der Waals surface area contributed by atoms with E-state index in [1.807, 2.05) is 48.7 Å². The van der Waals surface area contributed by atoms with E-state index >= 15 is 0 Å². The van der Waals surface area contributed by atoms with Gasteiger partial charge in [0.25, 0.3) is 0 Å². The smallest absolute Gasteiger partial charge is 0.242 e. The van der Waals surface area contributed by atoms with Crippen LogP contribution in [0, 0.1) is 25.2 Å². The Labute approximate surface area is 151 Å². The van der Waals surface area contributed by atoms with Crippen LogP contribution in [-0.4, -0.2) is 38.6 Å². The number of aromatic nitrogens is 3. The quantitative estimate of drug-likeness (QED) is 0.713. The third-order valence-corrected chi connectivity index (χ3v) is 5.11. The Bertz CT molecular complexity index is 1060. The van der Waals surface area contributed by atoms with E-state index in [1.54, 1.807) is 18.1 Å². The number of nitriles is 1. The number of fused-ring (bicyclic) bond motifs is 1. The number of carbonyl (C=O) groups is 1. The second kappa shape index (κ2) is 5.63. The Hall–Kier alpha value is -3.27. The van der Waals surface area contributed by atoms with Gasteiger partial charge in [0.2, 0.25) is 11.9 Å². The third kappa shape index (κ3) is 2.12. The Kier molecular flexibility index (Phi) is 3.51. The van der Waals surface area contributed by atoms with Gasteiger partial charge < -0.3 is 4.57 Å². The van der Waals surface area contributed by atoms with Crippen LogP contribution in [0.2, 0.25) is 0 Å². The highest BCUT2D eigenvalue weighted by Crippen LogP contribution is 2.33. The standard InChI is InChI=1S/C19H20N6O/c1-12-5-6-13(2)25(12)19-21-17-15(24-10-9-16(26)23(24)4)8-7-14(11-20)18(17)22(19)3/h5-8H,9-10H2,1-4H3. The summed E-state index contributed by atoms with van der Waals surface area (Å²) >= 11 is 0. The summed E-state index contributed by atoms with van der Waals surface area (Å²) in [5, 5.41) is 13.1. The molecule has 1 aliphatic heterocycles. The average molecular weight is 348 g/mol. The van der Waals surface area contributed by atoms with Crippen molar-refractivity contribution in [2.45, 2.75) is 20.3 Å². The largest absolute Gasteiger partial charge is 0.311 e. The second-order valence-corrected chi connectivity index (χ2v) is 6.65. The average Bonchev–Trinajstić information content (AvgIpc) is 3.25. The number of hydrazine groups is 1. The molecule has 1 saturated heterocycles. The molecule has 3 heterocycles. The summed E-state index contributed by atoms with van der Waals surface area (Å²) in [7, 11) is 3.69. The molecule has 2 aromatic heterocycles. The predicted octanol–water partition coefficient (Wildman–Crippen LogP) is 2.44. The first-order valence-corrected chi connectivity index (χ1v) is 8.53. The van der Waals surface area contributed by atoms with Gasteiger partial charge in [-0.3, -0.25) is 19.4 Å². The Balaban J connectivity index is 2.02. The van der Waals surface area contributed by atoms with E-state index in [0.29, 0.717) is 18.5 Å². The van der Waals surface area contributed by atoms with E-state index in [0.717, 1.165) is 34.1 Å². The minimum absolute atomic E-state index is 0.0794. The van der Waals surface area contributed by atoms with Crippen LogP contribution >= 0.6 is 0 Å². The van der Waals surface area contributed by atoms with Crippen molar-refractivity contribution in [3.05, 3.63) is 41.2 Å². The van der Waals surface area contributed by atoms with Crippen molar-refractivity contribution in [3.8, 4) is 12.0 Å². The van der Waals surface area contributed by atoms with E-state index in [2.05, 4.69) is 10.6 Å². The van der Waals surface area contributed by atoms with Gasteiger partial charge >= 0.3 is 0 Å². The van der Waals surface area contributed by atoms with Gasteiger partial charge in [-0.05, 0) is 38.1 Å². The summed E-state index contributed by atoms with van der Waals surface area (Å²) in [6.45, 7) is 4.68. The monoisotopic (exact) mass is 348 g/mol. The zero-order chi connectivity index (χ0) is 18.6. The van der Waals surface area contributed by atoms with Crippen LogP contribution in [0.3, 0.4) is 0 Å². The van der Waals surface area contributed by atoms with Gasteiger partial charge in [-0.15, -0.1) is 0 Å². The lowest BCUT2D eigenvalue weighted by Crippen LogP contribution is -2.35. The topological polar surface area (TPSA) is 70.1 Å². The van der Waals surface area contributed by atoms with Crippen molar-refractivity contribution >= 4 is 22.6 Å². The molecule has 4 rings (SSSR count). The number of benzene rings is 1. The van der Waals surface area contributed by atoms with E-state index in [9.17, 15) is 10.1 Å². The first kappa shape index (κ1) is 16.2. The number of nitrogens with zero attached hydrogens (tertiary/aromatic N) is 6. The first-order valence-electron chi connectivity index (χ1n) is 8.53. The minimum atomic E-state index is 0.0794. The third-order valence-electron chi connectivity index (χ3n) is 5.11. The van der Waals surface area contributed by atoms with Crippen LogP contribution in [0.15, 0.2) is 24.3 Å². The fourth-order valence-electron chi connectivity index (χ4n) is 3.71. The summed E-state index contributed by atoms with van der Waals surface area (Å²) < 4.78 is 4.03. The number of amides is 1. The number of rotatable bonds is 2. The van der Waals surface area contributed by atoms with E-state index in [-0.39, 0.29) is 5.91 Å². The molecular weight excluding hydrogens is 328 g/mol. The number of imidazole rings is 1. The number of carbonyl (C=O) groups excluding carboxylic acids is 1. The SMILES string of the molecule is Cc1ccc(C)n1-c1nc2c(N3CCC(=O)N3C)ccc(C#N)c2n1C. The van der Waals surface area contributed by atoms with Gasteiger partial charge in [0.1, 0.15) is 11.6 Å². The molecule has 0 saturated carbocycles. The van der Waals surface area contributed by atoms with Gasteiger partial charge in [0.05, 0.1) is 16.8 Å². The first-order chi connectivity index (χ1) is 12.4. The summed E-state index contributed by atoms with van der Waals surface area (Å²) in [5.41, 5.74) is 5.08. The van der Waals surface area contributed by atoms with E-state index in [4.69, 9.17) is 4.98 Å². The molecule has 0 atom stereocenters. The summed E-state index contributed by atoms with van der Waals surface area (Å²) in [5.74, 6) is 0.841. The second-order valence-electron chi connectivity index (χ2n) is 6.65. The Morgan fingerprint density at radius 2 is 1.81 bits per heavy atom. The lowest BCUT2D eigenvalue weighted by Gasteiger charge is -2.26. The van der Waals surface area contributed by atoms with Gasteiger partial charge in [-0.1, -0.05) is 0 Å². The van der Waals surface area contributed by atoms with Crippen molar-refractivity contribution in [2.75, 3.05) is 18.6 Å². The lowest BCUT2D eigenvalue weighted by atomic mass is 10.1. The highest BCUT2D eigenvalue weighted by molar-refractivity contribution is 5.95. The van der Waals surface area contributed by atoms with Crippen LogP contribution in [-0.2, 0) is 11.8 Å². The molecule has 3 aromatic rings. The van der Waals surface area contributed by atoms with Crippen LogP contribution in [0.1, 0.15) is 23.4 Å². The zero-order valence-corrected chi connectivity index (χ0v) is 15.3. The normalized spacial score (nSPS) is 14.5. The van der Waals surface area contributed by atoms with Crippen molar-refractivity contribution in [2.24, 2.45) is 7.05 Å². The summed E-state index contributed by atoms with van der Waals surface area (Å²) in [6, 6.07) is 10.0. The number of hydrogen-bond donors (Lipinski definition) is 0. The fourth-order valence-corrected chi connectivity index (χ4v) is 3.71. The van der Waals surface area contributed by atoms with Crippen molar-refractivity contribution in [1.29, 1.82) is 5.26 Å². The minimum Gasteiger partial charge on any atom is -0.311 e. The Morgan fingerprint density at radius 1 is 1.12 bits per heavy atom. The number of aryl methyl sites for hydroxylation is 3. The van der Waals surface area contributed by atoms with Crippen LogP contribution < -0.4 is 5.01 Å². The van der Waals surface area contributed by atoms with Gasteiger partial charge in [-0.2, -0.15) is 5.26 Å². The van der Waals surface area contributed by atoms with Crippen LogP contribution in [0.4, 0.5) is 5.69 Å². The van der Waals surface area contributed by atoms with Crippen molar-refractivity contribution < 1.29 is 4.79 Å². The zero-order valence-electron chi connectivity index (χ0n) is 15.3. The summed E-state index contributed by atoms with van der Waals surface area (Å²) in [6.07, 6.45) is 0.480. The Morgan fingerprint density at radius 3 is 2.38 bits per heavy atom. The molecule has 7 heteroatoms. The molecule has 0 bridgehead atoms. The molecule has 0 N–H and O–H groups in total. The van der Waals surface area contributed by atoms with Gasteiger partial charge in [0, 0.05) is 38.4 Å². The maximum atomic E-state index is 12.0. The molecule has 0 unspecified atom stereocenters. The van der Waals surface area contributed by atoms with Crippen molar-refractivity contribution in [1.82, 2.24) is 19.1 Å².